The van der Waals surface area contributed by atoms with Crippen molar-refractivity contribution in [1.82, 2.24) is 20.1 Å². The lowest BCUT2D eigenvalue weighted by Gasteiger charge is -2.26. The van der Waals surface area contributed by atoms with Crippen LogP contribution in [0.15, 0.2) is 30.6 Å². The van der Waals surface area contributed by atoms with Gasteiger partial charge >= 0.3 is 0 Å². The average Bonchev–Trinajstić information content (AvgIpc) is 3.08. The molecule has 21 heavy (non-hydrogen) atoms. The number of ether oxygens (including phenoxy) is 1. The van der Waals surface area contributed by atoms with E-state index in [1.165, 1.54) is 12.7 Å². The summed E-state index contributed by atoms with van der Waals surface area (Å²) in [6, 6.07) is 7.45. The van der Waals surface area contributed by atoms with Crippen LogP contribution in [-0.4, -0.2) is 45.7 Å². The van der Waals surface area contributed by atoms with Crippen LogP contribution < -0.4 is 4.74 Å². The first-order valence-corrected chi connectivity index (χ1v) is 7.19. The molecule has 2 heterocycles. The molecule has 1 aliphatic heterocycles. The molecule has 1 fully saturated rings. The summed E-state index contributed by atoms with van der Waals surface area (Å²) in [4.78, 5) is 18.0. The van der Waals surface area contributed by atoms with Crippen LogP contribution in [0.25, 0.3) is 11.4 Å². The quantitative estimate of drug-likeness (QED) is 0.931. The highest BCUT2D eigenvalue weighted by Gasteiger charge is 2.16. The van der Waals surface area contributed by atoms with Crippen molar-refractivity contribution < 1.29 is 9.53 Å². The Bertz CT molecular complexity index is 574. The molecule has 2 aromatic rings. The third-order valence-electron chi connectivity index (χ3n) is 3.61. The van der Waals surface area contributed by atoms with Crippen molar-refractivity contribution in [2.45, 2.75) is 19.3 Å². The zero-order valence-electron chi connectivity index (χ0n) is 11.8. The Kier molecular flexibility index (Phi) is 4.14. The molecule has 0 radical (unpaired) electrons. The number of rotatable bonds is 4. The molecule has 6 heteroatoms. The average molecular weight is 286 g/mol. The minimum absolute atomic E-state index is 0.0639. The molecule has 0 bridgehead atoms. The molecular formula is C15H18N4O2. The van der Waals surface area contributed by atoms with Crippen molar-refractivity contribution in [3.8, 4) is 17.1 Å². The second kappa shape index (κ2) is 6.39. The van der Waals surface area contributed by atoms with Gasteiger partial charge in [0.1, 0.15) is 12.1 Å². The summed E-state index contributed by atoms with van der Waals surface area (Å²) < 4.78 is 5.56. The molecule has 1 saturated heterocycles. The summed E-state index contributed by atoms with van der Waals surface area (Å²) >= 11 is 0. The standard InChI is InChI=1S/C15H18N4O2/c20-14(19-8-2-1-3-9-19)10-21-13-6-4-12(5-7-13)15-16-11-17-18-15/h4-7,11H,1-3,8-10H2,(H,16,17,18). The lowest BCUT2D eigenvalue weighted by molar-refractivity contribution is -0.134. The molecule has 3 rings (SSSR count). The van der Waals surface area contributed by atoms with Gasteiger partial charge in [0.15, 0.2) is 12.4 Å². The Morgan fingerprint density at radius 3 is 2.62 bits per heavy atom. The first-order valence-electron chi connectivity index (χ1n) is 7.19. The van der Waals surface area contributed by atoms with E-state index < -0.39 is 0 Å². The van der Waals surface area contributed by atoms with E-state index in [2.05, 4.69) is 15.2 Å². The number of nitrogens with zero attached hydrogens (tertiary/aromatic N) is 3. The number of aromatic nitrogens is 3. The fraction of sp³-hybridized carbons (Fsp3) is 0.400. The molecule has 0 atom stereocenters. The lowest BCUT2D eigenvalue weighted by atomic mass is 10.1. The number of hydrogen-bond donors (Lipinski definition) is 1. The van der Waals surface area contributed by atoms with Gasteiger partial charge in [-0.2, -0.15) is 5.10 Å². The van der Waals surface area contributed by atoms with Crippen LogP contribution >= 0.6 is 0 Å². The van der Waals surface area contributed by atoms with Crippen LogP contribution in [0.1, 0.15) is 19.3 Å². The number of likely N-dealkylation sites (tertiary alicyclic amines) is 1. The summed E-state index contributed by atoms with van der Waals surface area (Å²) in [6.07, 6.45) is 4.88. The molecular weight excluding hydrogens is 268 g/mol. The molecule has 6 nitrogen and oxygen atoms in total. The van der Waals surface area contributed by atoms with E-state index >= 15 is 0 Å². The minimum Gasteiger partial charge on any atom is -0.484 e. The predicted octanol–water partition coefficient (Wildman–Crippen LogP) is 1.86. The summed E-state index contributed by atoms with van der Waals surface area (Å²) in [5.74, 6) is 1.46. The van der Waals surface area contributed by atoms with Crippen LogP contribution in [0.5, 0.6) is 5.75 Å². The van der Waals surface area contributed by atoms with E-state index in [1.807, 2.05) is 29.2 Å². The van der Waals surface area contributed by atoms with Crippen molar-refractivity contribution in [1.29, 1.82) is 0 Å². The van der Waals surface area contributed by atoms with Crippen LogP contribution in [0, 0.1) is 0 Å². The summed E-state index contributed by atoms with van der Waals surface area (Å²) in [5.41, 5.74) is 0.933. The first-order chi connectivity index (χ1) is 10.3. The lowest BCUT2D eigenvalue weighted by Crippen LogP contribution is -2.38. The van der Waals surface area contributed by atoms with Crippen LogP contribution in [0.2, 0.25) is 0 Å². The molecule has 0 spiro atoms. The third-order valence-corrected chi connectivity index (χ3v) is 3.61. The molecule has 1 aliphatic rings. The molecule has 1 aromatic carbocycles. The van der Waals surface area contributed by atoms with Gasteiger partial charge in [-0.3, -0.25) is 9.89 Å². The van der Waals surface area contributed by atoms with E-state index in [0.29, 0.717) is 11.6 Å². The van der Waals surface area contributed by atoms with Gasteiger partial charge in [-0.25, -0.2) is 4.98 Å². The molecule has 1 amide bonds. The second-order valence-electron chi connectivity index (χ2n) is 5.09. The number of benzene rings is 1. The topological polar surface area (TPSA) is 71.1 Å². The monoisotopic (exact) mass is 286 g/mol. The maximum atomic E-state index is 12.0. The summed E-state index contributed by atoms with van der Waals surface area (Å²) in [5, 5.41) is 6.62. The molecule has 1 N–H and O–H groups in total. The van der Waals surface area contributed by atoms with E-state index in [1.54, 1.807) is 0 Å². The van der Waals surface area contributed by atoms with Crippen molar-refractivity contribution >= 4 is 5.91 Å². The van der Waals surface area contributed by atoms with Gasteiger partial charge in [-0.15, -0.1) is 0 Å². The number of hydrogen-bond acceptors (Lipinski definition) is 4. The molecule has 0 aliphatic carbocycles. The normalized spacial score (nSPS) is 15.0. The molecule has 0 unspecified atom stereocenters. The van der Waals surface area contributed by atoms with Crippen LogP contribution in [0.4, 0.5) is 0 Å². The number of amides is 1. The number of H-pyrrole nitrogens is 1. The second-order valence-corrected chi connectivity index (χ2v) is 5.09. The molecule has 1 aromatic heterocycles. The van der Waals surface area contributed by atoms with Crippen molar-refractivity contribution in [3.63, 3.8) is 0 Å². The van der Waals surface area contributed by atoms with Crippen LogP contribution in [-0.2, 0) is 4.79 Å². The zero-order valence-corrected chi connectivity index (χ0v) is 11.8. The first kappa shape index (κ1) is 13.6. The smallest absolute Gasteiger partial charge is 0.260 e. The van der Waals surface area contributed by atoms with Gasteiger partial charge in [0.2, 0.25) is 0 Å². The Morgan fingerprint density at radius 2 is 1.95 bits per heavy atom. The number of carbonyl (C=O) groups is 1. The third kappa shape index (κ3) is 3.39. The van der Waals surface area contributed by atoms with Gasteiger partial charge in [0.05, 0.1) is 0 Å². The van der Waals surface area contributed by atoms with Gasteiger partial charge in [0.25, 0.3) is 5.91 Å². The summed E-state index contributed by atoms with van der Waals surface area (Å²) in [7, 11) is 0. The van der Waals surface area contributed by atoms with E-state index in [9.17, 15) is 4.79 Å². The maximum Gasteiger partial charge on any atom is 0.260 e. The number of carbonyl (C=O) groups excluding carboxylic acids is 1. The Morgan fingerprint density at radius 1 is 1.19 bits per heavy atom. The minimum atomic E-state index is 0.0639. The number of aromatic amines is 1. The molecule has 0 saturated carbocycles. The highest BCUT2D eigenvalue weighted by molar-refractivity contribution is 5.77. The fourth-order valence-corrected chi connectivity index (χ4v) is 2.43. The Balaban J connectivity index is 1.54. The van der Waals surface area contributed by atoms with E-state index in [0.717, 1.165) is 31.5 Å². The van der Waals surface area contributed by atoms with Gasteiger partial charge in [-0.1, -0.05) is 0 Å². The van der Waals surface area contributed by atoms with E-state index in [4.69, 9.17) is 4.74 Å². The Labute approximate surface area is 123 Å². The van der Waals surface area contributed by atoms with Crippen molar-refractivity contribution in [2.24, 2.45) is 0 Å². The van der Waals surface area contributed by atoms with Gasteiger partial charge in [-0.05, 0) is 43.5 Å². The Hall–Kier alpha value is -2.37. The SMILES string of the molecule is O=C(COc1ccc(-c2ncn[nH]2)cc1)N1CCCCC1. The zero-order chi connectivity index (χ0) is 14.5. The number of piperidine rings is 1. The highest BCUT2D eigenvalue weighted by atomic mass is 16.5. The maximum absolute atomic E-state index is 12.0. The largest absolute Gasteiger partial charge is 0.484 e. The van der Waals surface area contributed by atoms with Gasteiger partial charge < -0.3 is 9.64 Å². The summed E-state index contributed by atoms with van der Waals surface area (Å²) in [6.45, 7) is 1.81. The number of nitrogens with one attached hydrogen (secondary N) is 1. The highest BCUT2D eigenvalue weighted by Crippen LogP contribution is 2.19. The van der Waals surface area contributed by atoms with Crippen molar-refractivity contribution in [3.05, 3.63) is 30.6 Å². The predicted molar refractivity (Wildman–Crippen MR) is 77.7 cm³/mol. The van der Waals surface area contributed by atoms with Gasteiger partial charge in [0, 0.05) is 18.7 Å². The van der Waals surface area contributed by atoms with Crippen LogP contribution in [0.3, 0.4) is 0 Å². The fourth-order valence-electron chi connectivity index (χ4n) is 2.43. The molecule has 110 valence electrons. The van der Waals surface area contributed by atoms with E-state index in [-0.39, 0.29) is 12.5 Å². The van der Waals surface area contributed by atoms with Crippen molar-refractivity contribution in [2.75, 3.05) is 19.7 Å².